The van der Waals surface area contributed by atoms with Gasteiger partial charge in [0.25, 0.3) is 5.89 Å². The van der Waals surface area contributed by atoms with Crippen molar-refractivity contribution in [3.63, 3.8) is 0 Å². The first-order valence-corrected chi connectivity index (χ1v) is 11.5. The molecule has 4 aromatic rings. The third kappa shape index (κ3) is 4.55. The van der Waals surface area contributed by atoms with E-state index in [9.17, 15) is 9.90 Å². The molecule has 2 unspecified atom stereocenters. The molecule has 8 nitrogen and oxygen atoms in total. The number of aliphatic hydroxyl groups excluding tert-OH is 1. The lowest BCUT2D eigenvalue weighted by Gasteiger charge is -2.13. The van der Waals surface area contributed by atoms with E-state index in [1.807, 2.05) is 37.3 Å². The van der Waals surface area contributed by atoms with Gasteiger partial charge in [0.1, 0.15) is 11.8 Å². The molecule has 0 saturated carbocycles. The summed E-state index contributed by atoms with van der Waals surface area (Å²) in [5.41, 5.74) is 3.73. The van der Waals surface area contributed by atoms with Crippen LogP contribution >= 0.6 is 0 Å². The average molecular weight is 459 g/mol. The van der Waals surface area contributed by atoms with E-state index < -0.39 is 6.10 Å². The Kier molecular flexibility index (Phi) is 6.33. The summed E-state index contributed by atoms with van der Waals surface area (Å²) in [4.78, 5) is 16.9. The fourth-order valence-electron chi connectivity index (χ4n) is 4.29. The second-order valence-corrected chi connectivity index (χ2v) is 8.60. The van der Waals surface area contributed by atoms with Gasteiger partial charge in [0.15, 0.2) is 5.78 Å². The molecule has 1 aliphatic rings. The first kappa shape index (κ1) is 22.2. The van der Waals surface area contributed by atoms with Crippen molar-refractivity contribution in [3.8, 4) is 34.3 Å². The van der Waals surface area contributed by atoms with Crippen LogP contribution in [0.2, 0.25) is 0 Å². The summed E-state index contributed by atoms with van der Waals surface area (Å²) in [5.74, 6) is 0.874. The molecule has 34 heavy (non-hydrogen) atoms. The highest BCUT2D eigenvalue weighted by molar-refractivity contribution is 5.84. The minimum absolute atomic E-state index is 0.168. The summed E-state index contributed by atoms with van der Waals surface area (Å²) in [6.07, 6.45) is 2.21. The number of aromatic nitrogens is 3. The molecule has 2 aromatic heterocycles. The van der Waals surface area contributed by atoms with Crippen LogP contribution in [0.15, 0.2) is 63.6 Å². The van der Waals surface area contributed by atoms with Gasteiger partial charge in [-0.3, -0.25) is 4.79 Å². The van der Waals surface area contributed by atoms with Gasteiger partial charge in [0.05, 0.1) is 0 Å². The summed E-state index contributed by atoms with van der Waals surface area (Å²) < 4.78 is 10.9. The van der Waals surface area contributed by atoms with Crippen LogP contribution in [0.1, 0.15) is 42.9 Å². The Morgan fingerprint density at radius 2 is 1.88 bits per heavy atom. The number of rotatable bonds is 8. The van der Waals surface area contributed by atoms with Gasteiger partial charge in [0.2, 0.25) is 11.6 Å². The number of benzene rings is 2. The molecule has 0 spiro atoms. The highest BCUT2D eigenvalue weighted by Crippen LogP contribution is 2.32. The Morgan fingerprint density at radius 1 is 1.09 bits per heavy atom. The molecular formula is C26H26N4O4. The maximum atomic E-state index is 12.4. The molecule has 174 valence electrons. The van der Waals surface area contributed by atoms with E-state index in [4.69, 9.17) is 9.05 Å². The van der Waals surface area contributed by atoms with Crippen molar-refractivity contribution in [2.45, 2.75) is 44.8 Å². The fourth-order valence-corrected chi connectivity index (χ4v) is 4.29. The van der Waals surface area contributed by atoms with Gasteiger partial charge in [-0.05, 0) is 38.3 Å². The highest BCUT2D eigenvalue weighted by atomic mass is 16.5. The predicted molar refractivity (Wildman–Crippen MR) is 126 cm³/mol. The predicted octanol–water partition coefficient (Wildman–Crippen LogP) is 4.50. The standard InChI is InChI=1S/C26H26N4O4/c1-16-22(17-6-3-2-4-7-17)29-33-24(16)26-28-25(30-34-26)19-11-9-18(10-12-19)23(32)21(31)14-13-20-8-5-15-27-20/h2-4,6-7,9-12,20,23,27,32H,5,8,13-15H2,1H3. The molecule has 0 bridgehead atoms. The Bertz CT molecular complexity index is 1260. The van der Waals surface area contributed by atoms with Gasteiger partial charge >= 0.3 is 0 Å². The summed E-state index contributed by atoms with van der Waals surface area (Å²) in [5, 5.41) is 22.1. The largest absolute Gasteiger partial charge is 0.381 e. The summed E-state index contributed by atoms with van der Waals surface area (Å²) in [6, 6.07) is 17.1. The van der Waals surface area contributed by atoms with E-state index in [0.717, 1.165) is 42.6 Å². The third-order valence-corrected chi connectivity index (χ3v) is 6.28. The van der Waals surface area contributed by atoms with Crippen LogP contribution in [0.4, 0.5) is 0 Å². The van der Waals surface area contributed by atoms with E-state index >= 15 is 0 Å². The molecule has 0 radical (unpaired) electrons. The Morgan fingerprint density at radius 3 is 2.62 bits per heavy atom. The second-order valence-electron chi connectivity index (χ2n) is 8.60. The number of carbonyl (C=O) groups excluding carboxylic acids is 1. The Hall–Kier alpha value is -3.62. The average Bonchev–Trinajstić information content (AvgIpc) is 3.64. The smallest absolute Gasteiger partial charge is 0.297 e. The van der Waals surface area contributed by atoms with E-state index in [0.29, 0.717) is 35.2 Å². The zero-order chi connectivity index (χ0) is 23.5. The van der Waals surface area contributed by atoms with Gasteiger partial charge in [0, 0.05) is 29.2 Å². The molecule has 3 heterocycles. The highest BCUT2D eigenvalue weighted by Gasteiger charge is 2.23. The van der Waals surface area contributed by atoms with E-state index in [2.05, 4.69) is 20.6 Å². The van der Waals surface area contributed by atoms with Crippen LogP contribution in [0.3, 0.4) is 0 Å². The number of carbonyl (C=O) groups is 1. The van der Waals surface area contributed by atoms with Crippen molar-refractivity contribution in [2.24, 2.45) is 0 Å². The monoisotopic (exact) mass is 458 g/mol. The molecule has 5 rings (SSSR count). The Balaban J connectivity index is 1.27. The van der Waals surface area contributed by atoms with Crippen LogP contribution < -0.4 is 5.32 Å². The van der Waals surface area contributed by atoms with Crippen molar-refractivity contribution in [1.29, 1.82) is 0 Å². The third-order valence-electron chi connectivity index (χ3n) is 6.28. The molecule has 1 aliphatic heterocycles. The van der Waals surface area contributed by atoms with Crippen LogP contribution in [0.5, 0.6) is 0 Å². The maximum Gasteiger partial charge on any atom is 0.297 e. The van der Waals surface area contributed by atoms with Crippen LogP contribution in [0, 0.1) is 6.92 Å². The first-order valence-electron chi connectivity index (χ1n) is 11.5. The lowest BCUT2D eigenvalue weighted by molar-refractivity contribution is -0.127. The van der Waals surface area contributed by atoms with Gasteiger partial charge in [-0.25, -0.2) is 0 Å². The summed E-state index contributed by atoms with van der Waals surface area (Å²) in [6.45, 7) is 2.90. The Labute approximate surface area is 197 Å². The molecular weight excluding hydrogens is 432 g/mol. The van der Waals surface area contributed by atoms with Crippen molar-refractivity contribution < 1.29 is 18.9 Å². The number of Topliss-reactive ketones (excluding diaryl/α,β-unsaturated/α-hetero) is 1. The minimum atomic E-state index is -1.13. The van der Waals surface area contributed by atoms with Crippen molar-refractivity contribution in [3.05, 3.63) is 65.7 Å². The van der Waals surface area contributed by atoms with Crippen molar-refractivity contribution in [2.75, 3.05) is 6.54 Å². The SMILES string of the molecule is Cc1c(-c2ccccc2)noc1-c1nc(-c2ccc(C(O)C(=O)CCC3CCCN3)cc2)no1. The number of hydrogen-bond donors (Lipinski definition) is 2. The van der Waals surface area contributed by atoms with Crippen molar-refractivity contribution >= 4 is 5.78 Å². The summed E-state index contributed by atoms with van der Waals surface area (Å²) >= 11 is 0. The van der Waals surface area contributed by atoms with E-state index in [1.165, 1.54) is 0 Å². The van der Waals surface area contributed by atoms with Crippen molar-refractivity contribution in [1.82, 2.24) is 20.6 Å². The van der Waals surface area contributed by atoms with E-state index in [-0.39, 0.29) is 11.7 Å². The molecule has 2 aromatic carbocycles. The molecule has 0 aliphatic carbocycles. The number of nitrogens with one attached hydrogen (secondary N) is 1. The number of ketones is 1. The van der Waals surface area contributed by atoms with E-state index in [1.54, 1.807) is 24.3 Å². The molecule has 8 heteroatoms. The van der Waals surface area contributed by atoms with Gasteiger partial charge < -0.3 is 19.5 Å². The normalized spacial score (nSPS) is 16.6. The zero-order valence-corrected chi connectivity index (χ0v) is 18.9. The number of aliphatic hydroxyl groups is 1. The summed E-state index contributed by atoms with van der Waals surface area (Å²) in [7, 11) is 0. The van der Waals surface area contributed by atoms with Crippen LogP contribution in [-0.2, 0) is 4.79 Å². The lowest BCUT2D eigenvalue weighted by atomic mass is 9.99. The zero-order valence-electron chi connectivity index (χ0n) is 18.9. The fraction of sp³-hybridized carbons (Fsp3) is 0.308. The quantitative estimate of drug-likeness (QED) is 0.397. The maximum absolute atomic E-state index is 12.4. The second kappa shape index (κ2) is 9.70. The molecule has 1 fully saturated rings. The van der Waals surface area contributed by atoms with Gasteiger partial charge in [-0.1, -0.05) is 64.9 Å². The van der Waals surface area contributed by atoms with Crippen LogP contribution in [0.25, 0.3) is 34.3 Å². The molecule has 0 amide bonds. The van der Waals surface area contributed by atoms with Gasteiger partial charge in [-0.15, -0.1) is 0 Å². The minimum Gasteiger partial charge on any atom is -0.381 e. The lowest BCUT2D eigenvalue weighted by Crippen LogP contribution is -2.23. The first-order chi connectivity index (χ1) is 16.6. The molecule has 2 N–H and O–H groups in total. The topological polar surface area (TPSA) is 114 Å². The molecule has 1 saturated heterocycles. The number of hydrogen-bond acceptors (Lipinski definition) is 8. The van der Waals surface area contributed by atoms with Crippen LogP contribution in [-0.4, -0.2) is 38.8 Å². The van der Waals surface area contributed by atoms with Gasteiger partial charge in [-0.2, -0.15) is 4.98 Å². The number of nitrogens with zero attached hydrogens (tertiary/aromatic N) is 3. The molecule has 2 atom stereocenters.